The molecule has 1 aromatic rings. The minimum absolute atomic E-state index is 0.0518. The molecule has 0 atom stereocenters. The molecule has 0 bridgehead atoms. The molecular weight excluding hydrogens is 168 g/mol. The van der Waals surface area contributed by atoms with Crippen LogP contribution in [0.4, 0.5) is 5.69 Å². The summed E-state index contributed by atoms with van der Waals surface area (Å²) in [6, 6.07) is 7.41. The Morgan fingerprint density at radius 2 is 2.08 bits per heavy atom. The van der Waals surface area contributed by atoms with Crippen LogP contribution >= 0.6 is 0 Å². The predicted octanol–water partition coefficient (Wildman–Crippen LogP) is 2.49. The van der Waals surface area contributed by atoms with Crippen molar-refractivity contribution < 1.29 is 4.92 Å². The molecule has 0 radical (unpaired) electrons. The average Bonchev–Trinajstić information content (AvgIpc) is 2.21. The lowest BCUT2D eigenvalue weighted by molar-refractivity contribution is -0.384. The minimum atomic E-state index is -0.527. The monoisotopic (exact) mass is 178 g/mol. The molecule has 0 aliphatic rings. The molecule has 1 rings (SSSR count). The van der Waals surface area contributed by atoms with Crippen LogP contribution in [0.3, 0.4) is 0 Å². The summed E-state index contributed by atoms with van der Waals surface area (Å²) in [7, 11) is 0. The van der Waals surface area contributed by atoms with E-state index in [2.05, 4.69) is 0 Å². The largest absolute Gasteiger partial charge is 0.270 e. The molecule has 0 aromatic heterocycles. The number of hydrogen-bond donors (Lipinski definition) is 0. The Bertz CT molecular complexity index is 329. The van der Waals surface area contributed by atoms with Crippen molar-refractivity contribution in [3.05, 3.63) is 39.9 Å². The van der Waals surface area contributed by atoms with E-state index in [0.29, 0.717) is 5.56 Å². The summed E-state index contributed by atoms with van der Waals surface area (Å²) in [5, 5.41) is 18.5. The lowest BCUT2D eigenvalue weighted by atomic mass is 10.2. The first kappa shape index (κ1) is 11.1. The zero-order chi connectivity index (χ0) is 10.3. The van der Waals surface area contributed by atoms with Gasteiger partial charge in [-0.2, -0.15) is 5.26 Å². The first-order valence-corrected chi connectivity index (χ1v) is 3.88. The van der Waals surface area contributed by atoms with E-state index in [9.17, 15) is 10.1 Å². The number of nitro groups is 1. The molecule has 0 amide bonds. The maximum atomic E-state index is 10.2. The molecule has 68 valence electrons. The van der Waals surface area contributed by atoms with Gasteiger partial charge in [-0.1, -0.05) is 19.9 Å². The molecule has 4 heteroatoms. The Hall–Kier alpha value is -1.89. The zero-order valence-electron chi connectivity index (χ0n) is 7.52. The molecular formula is C9H10N2O2. The van der Waals surface area contributed by atoms with Gasteiger partial charge in [0.25, 0.3) is 5.69 Å². The summed E-state index contributed by atoms with van der Waals surface area (Å²) in [6.07, 6.45) is 0. The molecule has 0 fully saturated rings. The fourth-order valence-electron chi connectivity index (χ4n) is 0.689. The molecule has 0 aliphatic carbocycles. The average molecular weight is 178 g/mol. The number of nitrogens with zero attached hydrogens (tertiary/aromatic N) is 2. The van der Waals surface area contributed by atoms with Gasteiger partial charge in [-0.05, 0) is 6.07 Å². The van der Waals surface area contributed by atoms with Crippen LogP contribution in [0, 0.1) is 21.4 Å². The van der Waals surface area contributed by atoms with E-state index in [4.69, 9.17) is 5.26 Å². The van der Waals surface area contributed by atoms with E-state index in [1.54, 1.807) is 0 Å². The Balaban J connectivity index is 0.000000671. The van der Waals surface area contributed by atoms with Crippen molar-refractivity contribution in [2.24, 2.45) is 0 Å². The number of non-ortho nitro benzene ring substituents is 1. The van der Waals surface area contributed by atoms with Gasteiger partial charge in [0.2, 0.25) is 0 Å². The van der Waals surface area contributed by atoms with Gasteiger partial charge < -0.3 is 0 Å². The second-order valence-electron chi connectivity index (χ2n) is 1.92. The maximum absolute atomic E-state index is 10.2. The number of benzene rings is 1. The van der Waals surface area contributed by atoms with E-state index < -0.39 is 4.92 Å². The topological polar surface area (TPSA) is 66.9 Å². The van der Waals surface area contributed by atoms with E-state index in [0.717, 1.165) is 0 Å². The van der Waals surface area contributed by atoms with Gasteiger partial charge in [-0.3, -0.25) is 10.1 Å². The van der Waals surface area contributed by atoms with Crippen molar-refractivity contribution in [1.82, 2.24) is 0 Å². The van der Waals surface area contributed by atoms with Crippen molar-refractivity contribution >= 4 is 5.69 Å². The van der Waals surface area contributed by atoms with Crippen molar-refractivity contribution in [2.45, 2.75) is 13.8 Å². The molecule has 4 nitrogen and oxygen atoms in total. The molecule has 13 heavy (non-hydrogen) atoms. The van der Waals surface area contributed by atoms with Crippen LogP contribution in [-0.2, 0) is 0 Å². The van der Waals surface area contributed by atoms with Crippen LogP contribution in [0.25, 0.3) is 0 Å². The summed E-state index contributed by atoms with van der Waals surface area (Å²) in [5.41, 5.74) is 0.253. The van der Waals surface area contributed by atoms with Crippen molar-refractivity contribution in [1.29, 1.82) is 5.26 Å². The minimum Gasteiger partial charge on any atom is -0.258 e. The number of rotatable bonds is 1. The first-order chi connectivity index (χ1) is 6.24. The Kier molecular flexibility index (Phi) is 4.89. The summed E-state index contributed by atoms with van der Waals surface area (Å²) in [4.78, 5) is 9.64. The molecule has 0 saturated heterocycles. The Morgan fingerprint density at radius 1 is 1.46 bits per heavy atom. The smallest absolute Gasteiger partial charge is 0.258 e. The molecule has 0 spiro atoms. The second-order valence-corrected chi connectivity index (χ2v) is 1.92. The standard InChI is InChI=1S/C7H4N2O2.C2H6/c8-5-6-2-1-3-7(4-6)9(10)11;1-2/h1-4H;1-2H3. The molecule has 0 unspecified atom stereocenters. The molecule has 0 saturated carbocycles. The molecule has 1 aromatic carbocycles. The highest BCUT2D eigenvalue weighted by molar-refractivity contribution is 5.40. The number of nitriles is 1. The van der Waals surface area contributed by atoms with E-state index >= 15 is 0 Å². The van der Waals surface area contributed by atoms with Crippen LogP contribution in [0.5, 0.6) is 0 Å². The SMILES string of the molecule is CC.N#Cc1cccc([N+](=O)[O-])c1. The lowest BCUT2D eigenvalue weighted by Crippen LogP contribution is -1.87. The van der Waals surface area contributed by atoms with Crippen molar-refractivity contribution in [3.63, 3.8) is 0 Å². The van der Waals surface area contributed by atoms with Gasteiger partial charge in [0, 0.05) is 12.1 Å². The van der Waals surface area contributed by atoms with Crippen LogP contribution in [0.15, 0.2) is 24.3 Å². The second kappa shape index (κ2) is 5.72. The fourth-order valence-corrected chi connectivity index (χ4v) is 0.689. The summed E-state index contributed by atoms with van der Waals surface area (Å²) >= 11 is 0. The molecule has 0 aliphatic heterocycles. The van der Waals surface area contributed by atoms with Gasteiger partial charge in [-0.25, -0.2) is 0 Å². The van der Waals surface area contributed by atoms with E-state index in [1.165, 1.54) is 24.3 Å². The van der Waals surface area contributed by atoms with E-state index in [-0.39, 0.29) is 5.69 Å². The summed E-state index contributed by atoms with van der Waals surface area (Å²) < 4.78 is 0. The third-order valence-electron chi connectivity index (χ3n) is 1.19. The third-order valence-corrected chi connectivity index (χ3v) is 1.19. The van der Waals surface area contributed by atoms with Gasteiger partial charge in [0.15, 0.2) is 0 Å². The number of hydrogen-bond acceptors (Lipinski definition) is 3. The molecule has 0 N–H and O–H groups in total. The highest BCUT2D eigenvalue weighted by Crippen LogP contribution is 2.11. The van der Waals surface area contributed by atoms with Crippen LogP contribution < -0.4 is 0 Å². The Morgan fingerprint density at radius 3 is 2.54 bits per heavy atom. The first-order valence-electron chi connectivity index (χ1n) is 3.88. The summed E-state index contributed by atoms with van der Waals surface area (Å²) in [6.45, 7) is 4.00. The predicted molar refractivity (Wildman–Crippen MR) is 49.2 cm³/mol. The zero-order valence-corrected chi connectivity index (χ0v) is 7.52. The number of nitro benzene ring substituents is 1. The van der Waals surface area contributed by atoms with Crippen LogP contribution in [0.2, 0.25) is 0 Å². The van der Waals surface area contributed by atoms with Gasteiger partial charge in [-0.15, -0.1) is 0 Å². The van der Waals surface area contributed by atoms with Gasteiger partial charge in [0.1, 0.15) is 0 Å². The Labute approximate surface area is 76.6 Å². The fraction of sp³-hybridized carbons (Fsp3) is 0.222. The van der Waals surface area contributed by atoms with Gasteiger partial charge in [0.05, 0.1) is 16.6 Å². The maximum Gasteiger partial charge on any atom is 0.270 e. The lowest BCUT2D eigenvalue weighted by Gasteiger charge is -1.89. The highest BCUT2D eigenvalue weighted by atomic mass is 16.6. The quantitative estimate of drug-likeness (QED) is 0.490. The van der Waals surface area contributed by atoms with Crippen LogP contribution in [0.1, 0.15) is 19.4 Å². The van der Waals surface area contributed by atoms with E-state index in [1.807, 2.05) is 19.9 Å². The van der Waals surface area contributed by atoms with Gasteiger partial charge >= 0.3 is 0 Å². The highest BCUT2D eigenvalue weighted by Gasteiger charge is 2.03. The van der Waals surface area contributed by atoms with Crippen LogP contribution in [-0.4, -0.2) is 4.92 Å². The third kappa shape index (κ3) is 3.34. The molecule has 0 heterocycles. The normalized spacial score (nSPS) is 7.77. The summed E-state index contributed by atoms with van der Waals surface area (Å²) in [5.74, 6) is 0. The van der Waals surface area contributed by atoms with Crippen molar-refractivity contribution in [2.75, 3.05) is 0 Å². The van der Waals surface area contributed by atoms with Crippen molar-refractivity contribution in [3.8, 4) is 6.07 Å².